The molecule has 0 radical (unpaired) electrons. The molecule has 0 unspecified atom stereocenters. The number of carbonyl (C=O) groups is 1. The van der Waals surface area contributed by atoms with Gasteiger partial charge in [0.1, 0.15) is 12.4 Å². The Bertz CT molecular complexity index is 585. The van der Waals surface area contributed by atoms with Gasteiger partial charge < -0.3 is 15.4 Å². The topological polar surface area (TPSA) is 94.5 Å². The third-order valence-electron chi connectivity index (χ3n) is 2.57. The Labute approximate surface area is 123 Å². The molecule has 0 saturated heterocycles. The third kappa shape index (κ3) is 3.47. The molecule has 0 spiro atoms. The number of nitrogens with two attached hydrogens (primary N) is 1. The Kier molecular flexibility index (Phi) is 4.57. The summed E-state index contributed by atoms with van der Waals surface area (Å²) in [6.07, 6.45) is 0. The van der Waals surface area contributed by atoms with E-state index in [4.69, 9.17) is 10.5 Å². The summed E-state index contributed by atoms with van der Waals surface area (Å²) < 4.78 is 10.9. The summed E-state index contributed by atoms with van der Waals surface area (Å²) in [5.41, 5.74) is 5.47. The molecule has 0 fully saturated rings. The quantitative estimate of drug-likeness (QED) is 0.887. The molecule has 0 atom stereocenters. The number of hydrogen-bond acceptors (Lipinski definition) is 6. The SMILES string of the molecule is CN(CCOc1ccc(Br)cc1)C(=O)c1nonc1N. The Morgan fingerprint density at radius 2 is 2.10 bits per heavy atom. The maximum atomic E-state index is 11.9. The van der Waals surface area contributed by atoms with Crippen molar-refractivity contribution in [3.8, 4) is 5.75 Å². The third-order valence-corrected chi connectivity index (χ3v) is 3.10. The van der Waals surface area contributed by atoms with Crippen molar-refractivity contribution in [3.05, 3.63) is 34.4 Å². The van der Waals surface area contributed by atoms with Gasteiger partial charge in [-0.25, -0.2) is 4.63 Å². The molecule has 0 aliphatic carbocycles. The van der Waals surface area contributed by atoms with Gasteiger partial charge in [-0.1, -0.05) is 15.9 Å². The minimum Gasteiger partial charge on any atom is -0.492 e. The number of carbonyl (C=O) groups excluding carboxylic acids is 1. The monoisotopic (exact) mass is 340 g/mol. The average Bonchev–Trinajstić information content (AvgIpc) is 2.86. The number of rotatable bonds is 5. The van der Waals surface area contributed by atoms with Crippen molar-refractivity contribution in [2.75, 3.05) is 25.9 Å². The summed E-state index contributed by atoms with van der Waals surface area (Å²) in [4.78, 5) is 13.4. The van der Waals surface area contributed by atoms with E-state index in [2.05, 4.69) is 30.9 Å². The predicted octanol–water partition coefficient (Wildman–Crippen LogP) is 1.57. The molecule has 0 saturated carbocycles. The van der Waals surface area contributed by atoms with E-state index in [0.29, 0.717) is 13.2 Å². The molecule has 2 N–H and O–H groups in total. The van der Waals surface area contributed by atoms with Gasteiger partial charge in [-0.3, -0.25) is 4.79 Å². The number of nitrogen functional groups attached to an aromatic ring is 1. The van der Waals surface area contributed by atoms with Gasteiger partial charge >= 0.3 is 0 Å². The molecule has 2 aromatic rings. The number of ether oxygens (including phenoxy) is 1. The first kappa shape index (κ1) is 14.3. The van der Waals surface area contributed by atoms with Crippen LogP contribution < -0.4 is 10.5 Å². The Morgan fingerprint density at radius 3 is 2.70 bits per heavy atom. The van der Waals surface area contributed by atoms with Crippen LogP contribution >= 0.6 is 15.9 Å². The molecule has 1 heterocycles. The fraction of sp³-hybridized carbons (Fsp3) is 0.250. The molecule has 7 nitrogen and oxygen atoms in total. The molecule has 0 aliphatic heterocycles. The number of likely N-dealkylation sites (N-methyl/N-ethyl adjacent to an activating group) is 1. The number of amides is 1. The first-order valence-electron chi connectivity index (χ1n) is 5.80. The molecule has 0 bridgehead atoms. The van der Waals surface area contributed by atoms with E-state index in [-0.39, 0.29) is 17.4 Å². The lowest BCUT2D eigenvalue weighted by molar-refractivity contribution is 0.0763. The summed E-state index contributed by atoms with van der Waals surface area (Å²) in [5.74, 6) is 0.357. The van der Waals surface area contributed by atoms with Crippen LogP contribution in [0.5, 0.6) is 5.75 Å². The normalized spacial score (nSPS) is 10.3. The Hall–Kier alpha value is -2.09. The van der Waals surface area contributed by atoms with Gasteiger partial charge in [0.25, 0.3) is 5.91 Å². The fourth-order valence-corrected chi connectivity index (χ4v) is 1.72. The van der Waals surface area contributed by atoms with Crippen molar-refractivity contribution in [2.45, 2.75) is 0 Å². The predicted molar refractivity (Wildman–Crippen MR) is 75.3 cm³/mol. The maximum absolute atomic E-state index is 11.9. The summed E-state index contributed by atoms with van der Waals surface area (Å²) in [6.45, 7) is 0.746. The van der Waals surface area contributed by atoms with E-state index in [1.165, 1.54) is 4.90 Å². The van der Waals surface area contributed by atoms with Gasteiger partial charge in [-0.15, -0.1) is 0 Å². The molecule has 2 rings (SSSR count). The minimum absolute atomic E-state index is 0.0103. The van der Waals surface area contributed by atoms with Crippen molar-refractivity contribution in [1.82, 2.24) is 15.2 Å². The van der Waals surface area contributed by atoms with Crippen LogP contribution in [-0.4, -0.2) is 41.3 Å². The van der Waals surface area contributed by atoms with Crippen LogP contribution in [0.25, 0.3) is 0 Å². The summed E-state index contributed by atoms with van der Waals surface area (Å²) >= 11 is 3.34. The van der Waals surface area contributed by atoms with E-state index >= 15 is 0 Å². The molecule has 0 aliphatic rings. The number of nitrogens with zero attached hydrogens (tertiary/aromatic N) is 3. The Morgan fingerprint density at radius 1 is 1.40 bits per heavy atom. The zero-order valence-electron chi connectivity index (χ0n) is 10.7. The van der Waals surface area contributed by atoms with Gasteiger partial charge in [-0.05, 0) is 34.6 Å². The molecular weight excluding hydrogens is 328 g/mol. The molecule has 1 aromatic heterocycles. The van der Waals surface area contributed by atoms with Crippen LogP contribution in [0, 0.1) is 0 Å². The lowest BCUT2D eigenvalue weighted by Crippen LogP contribution is -2.31. The summed E-state index contributed by atoms with van der Waals surface area (Å²) in [7, 11) is 1.63. The first-order chi connectivity index (χ1) is 9.58. The van der Waals surface area contributed by atoms with E-state index in [1.807, 2.05) is 24.3 Å². The van der Waals surface area contributed by atoms with Crippen molar-refractivity contribution in [3.63, 3.8) is 0 Å². The van der Waals surface area contributed by atoms with Gasteiger partial charge in [-0.2, -0.15) is 0 Å². The van der Waals surface area contributed by atoms with E-state index < -0.39 is 0 Å². The number of hydrogen-bond donors (Lipinski definition) is 1. The van der Waals surface area contributed by atoms with Crippen LogP contribution in [0.4, 0.5) is 5.82 Å². The fourth-order valence-electron chi connectivity index (χ4n) is 1.46. The highest BCUT2D eigenvalue weighted by Gasteiger charge is 2.19. The molecular formula is C12H13BrN4O3. The Balaban J connectivity index is 1.83. The zero-order chi connectivity index (χ0) is 14.5. The van der Waals surface area contributed by atoms with Crippen molar-refractivity contribution >= 4 is 27.7 Å². The summed E-state index contributed by atoms with van der Waals surface area (Å²) in [5, 5.41) is 6.83. The number of halogens is 1. The smallest absolute Gasteiger partial charge is 0.279 e. The van der Waals surface area contributed by atoms with Gasteiger partial charge in [0, 0.05) is 11.5 Å². The first-order valence-corrected chi connectivity index (χ1v) is 6.59. The van der Waals surface area contributed by atoms with Crippen LogP contribution in [0.15, 0.2) is 33.4 Å². The van der Waals surface area contributed by atoms with Crippen molar-refractivity contribution in [2.24, 2.45) is 0 Å². The lowest BCUT2D eigenvalue weighted by Gasteiger charge is -2.16. The maximum Gasteiger partial charge on any atom is 0.279 e. The van der Waals surface area contributed by atoms with E-state index in [0.717, 1.165) is 10.2 Å². The summed E-state index contributed by atoms with van der Waals surface area (Å²) in [6, 6.07) is 7.44. The number of benzene rings is 1. The van der Waals surface area contributed by atoms with E-state index in [9.17, 15) is 4.79 Å². The van der Waals surface area contributed by atoms with Crippen LogP contribution in [-0.2, 0) is 0 Å². The molecule has 1 amide bonds. The van der Waals surface area contributed by atoms with Gasteiger partial charge in [0.05, 0.1) is 6.54 Å². The molecule has 106 valence electrons. The van der Waals surface area contributed by atoms with Crippen molar-refractivity contribution in [1.29, 1.82) is 0 Å². The second-order valence-corrected chi connectivity index (χ2v) is 4.94. The second kappa shape index (κ2) is 6.38. The molecule has 1 aromatic carbocycles. The van der Waals surface area contributed by atoms with Crippen LogP contribution in [0.1, 0.15) is 10.5 Å². The highest BCUT2D eigenvalue weighted by Crippen LogP contribution is 2.16. The second-order valence-electron chi connectivity index (χ2n) is 4.03. The van der Waals surface area contributed by atoms with Gasteiger partial charge in [0.2, 0.25) is 11.5 Å². The number of aromatic nitrogens is 2. The lowest BCUT2D eigenvalue weighted by atomic mass is 10.3. The highest BCUT2D eigenvalue weighted by atomic mass is 79.9. The van der Waals surface area contributed by atoms with Gasteiger partial charge in [0.15, 0.2) is 0 Å². The number of anilines is 1. The average molecular weight is 341 g/mol. The van der Waals surface area contributed by atoms with Crippen LogP contribution in [0.2, 0.25) is 0 Å². The minimum atomic E-state index is -0.358. The largest absolute Gasteiger partial charge is 0.492 e. The van der Waals surface area contributed by atoms with Crippen LogP contribution in [0.3, 0.4) is 0 Å². The molecule has 20 heavy (non-hydrogen) atoms. The zero-order valence-corrected chi connectivity index (χ0v) is 12.3. The van der Waals surface area contributed by atoms with Crippen molar-refractivity contribution < 1.29 is 14.2 Å². The highest BCUT2D eigenvalue weighted by molar-refractivity contribution is 9.10. The molecule has 8 heteroatoms. The standard InChI is InChI=1S/C12H13BrN4O3/c1-17(12(18)10-11(14)16-20-15-10)6-7-19-9-4-2-8(13)3-5-9/h2-5H,6-7H2,1H3,(H2,14,16). The van der Waals surface area contributed by atoms with E-state index in [1.54, 1.807) is 7.05 Å².